The maximum absolute atomic E-state index is 13.9. The molecule has 0 bridgehead atoms. The maximum atomic E-state index is 13.9. The number of nitrogens with one attached hydrogen (secondary N) is 2. The number of aliphatic hydroxyl groups is 1. The summed E-state index contributed by atoms with van der Waals surface area (Å²) in [5.41, 5.74) is -3.69. The smallest absolute Gasteiger partial charge is 0.437 e. The van der Waals surface area contributed by atoms with E-state index in [1.165, 1.54) is 53.8 Å². The van der Waals surface area contributed by atoms with Gasteiger partial charge >= 0.3 is 12.2 Å². The number of hydrogen-bond acceptors (Lipinski definition) is 4. The van der Waals surface area contributed by atoms with Gasteiger partial charge in [0.05, 0.1) is 12.1 Å². The summed E-state index contributed by atoms with van der Waals surface area (Å²) in [4.78, 5) is 25.2. The number of urea groups is 1. The van der Waals surface area contributed by atoms with Crippen LogP contribution in [0.5, 0.6) is 5.75 Å². The molecule has 2 aromatic rings. The van der Waals surface area contributed by atoms with Crippen LogP contribution in [0.25, 0.3) is 0 Å². The lowest BCUT2D eigenvalue weighted by Crippen LogP contribution is -2.72. The Morgan fingerprint density at radius 3 is 2.23 bits per heavy atom. The van der Waals surface area contributed by atoms with Gasteiger partial charge in [-0.1, -0.05) is 23.7 Å². The zero-order valence-electron chi connectivity index (χ0n) is 16.5. The highest BCUT2D eigenvalue weighted by atomic mass is 35.5. The van der Waals surface area contributed by atoms with Gasteiger partial charge in [0.2, 0.25) is 5.72 Å². The van der Waals surface area contributed by atoms with Crippen molar-refractivity contribution < 1.29 is 32.6 Å². The molecular weight excluding hydrogens is 437 g/mol. The molecule has 3 N–H and O–H groups in total. The van der Waals surface area contributed by atoms with E-state index in [-0.39, 0.29) is 22.3 Å². The molecule has 0 spiro atoms. The van der Waals surface area contributed by atoms with Crippen molar-refractivity contribution in [2.45, 2.75) is 37.9 Å². The molecule has 0 saturated carbocycles. The first-order chi connectivity index (χ1) is 14.4. The Morgan fingerprint density at radius 1 is 1.13 bits per heavy atom. The van der Waals surface area contributed by atoms with Crippen LogP contribution in [0.15, 0.2) is 48.5 Å². The van der Waals surface area contributed by atoms with Crippen LogP contribution >= 0.6 is 11.6 Å². The fourth-order valence-corrected chi connectivity index (χ4v) is 3.56. The van der Waals surface area contributed by atoms with Crippen molar-refractivity contribution in [3.05, 3.63) is 64.7 Å². The molecule has 2 aromatic carbocycles. The zero-order chi connectivity index (χ0) is 23.0. The summed E-state index contributed by atoms with van der Waals surface area (Å²) in [5.74, 6) is -2.66. The SMILES string of the molecule is CC(C)Oc1ccc(C2NC(=O)NC(O)(C(F)(F)F)C2C(=O)c2ccc(Cl)cc2)cc1. The minimum atomic E-state index is -5.32. The Bertz CT molecular complexity index is 964. The molecule has 0 aromatic heterocycles. The van der Waals surface area contributed by atoms with Gasteiger partial charge in [0.1, 0.15) is 11.7 Å². The number of rotatable bonds is 5. The third-order valence-electron chi connectivity index (χ3n) is 4.83. The maximum Gasteiger partial charge on any atom is 0.437 e. The van der Waals surface area contributed by atoms with Crippen molar-refractivity contribution in [3.8, 4) is 5.75 Å². The summed E-state index contributed by atoms with van der Waals surface area (Å²) in [6, 6.07) is 8.40. The third kappa shape index (κ3) is 4.62. The fourth-order valence-electron chi connectivity index (χ4n) is 3.44. The second-order valence-electron chi connectivity index (χ2n) is 7.42. The van der Waals surface area contributed by atoms with E-state index in [0.29, 0.717) is 5.75 Å². The van der Waals surface area contributed by atoms with E-state index in [9.17, 15) is 27.9 Å². The van der Waals surface area contributed by atoms with Crippen molar-refractivity contribution in [3.63, 3.8) is 0 Å². The molecule has 1 fully saturated rings. The van der Waals surface area contributed by atoms with Gasteiger partial charge in [-0.05, 0) is 55.8 Å². The lowest BCUT2D eigenvalue weighted by Gasteiger charge is -2.45. The van der Waals surface area contributed by atoms with Gasteiger partial charge in [-0.3, -0.25) is 4.79 Å². The van der Waals surface area contributed by atoms with Crippen molar-refractivity contribution in [1.29, 1.82) is 0 Å². The van der Waals surface area contributed by atoms with Crippen LogP contribution in [0, 0.1) is 5.92 Å². The van der Waals surface area contributed by atoms with Crippen LogP contribution in [-0.2, 0) is 0 Å². The number of amides is 2. The van der Waals surface area contributed by atoms with Crippen molar-refractivity contribution in [2.75, 3.05) is 0 Å². The molecule has 10 heteroatoms. The molecule has 0 aliphatic carbocycles. The molecule has 3 atom stereocenters. The van der Waals surface area contributed by atoms with Crippen LogP contribution in [0.3, 0.4) is 0 Å². The van der Waals surface area contributed by atoms with Crippen molar-refractivity contribution >= 4 is 23.4 Å². The Labute approximate surface area is 181 Å². The van der Waals surface area contributed by atoms with Crippen LogP contribution < -0.4 is 15.4 Å². The lowest BCUT2D eigenvalue weighted by molar-refractivity contribution is -0.287. The standard InChI is InChI=1S/C21H20ClF3N2O4/c1-11(2)31-15-9-5-12(6-10-15)17-16(18(28)13-3-7-14(22)8-4-13)20(30,21(23,24)25)27-19(29)26-17/h3-11,16-17,30H,1-2H3,(H2,26,27,29). The van der Waals surface area contributed by atoms with E-state index in [0.717, 1.165) is 0 Å². The molecule has 6 nitrogen and oxygen atoms in total. The average molecular weight is 457 g/mol. The lowest BCUT2D eigenvalue weighted by atomic mass is 9.77. The fraction of sp³-hybridized carbons (Fsp3) is 0.333. The first-order valence-electron chi connectivity index (χ1n) is 9.36. The molecule has 0 radical (unpaired) electrons. The Hall–Kier alpha value is -2.78. The number of ketones is 1. The van der Waals surface area contributed by atoms with E-state index in [4.69, 9.17) is 16.3 Å². The number of alkyl halides is 3. The number of Topliss-reactive ketones (excluding diaryl/α,β-unsaturated/α-hetero) is 1. The number of ether oxygens (including phenoxy) is 1. The Balaban J connectivity index is 2.08. The van der Waals surface area contributed by atoms with Crippen LogP contribution in [0.2, 0.25) is 5.02 Å². The number of benzene rings is 2. The molecule has 31 heavy (non-hydrogen) atoms. The summed E-state index contributed by atoms with van der Waals surface area (Å²) in [6.07, 6.45) is -5.45. The second-order valence-corrected chi connectivity index (χ2v) is 7.86. The molecule has 1 aliphatic rings. The van der Waals surface area contributed by atoms with E-state index in [1.54, 1.807) is 0 Å². The van der Waals surface area contributed by atoms with Gasteiger partial charge in [0.15, 0.2) is 5.78 Å². The Kier molecular flexibility index (Phi) is 6.20. The van der Waals surface area contributed by atoms with Gasteiger partial charge in [-0.15, -0.1) is 0 Å². The highest BCUT2D eigenvalue weighted by molar-refractivity contribution is 6.30. The number of carbonyl (C=O) groups is 2. The van der Waals surface area contributed by atoms with E-state index in [2.05, 4.69) is 5.32 Å². The molecule has 1 heterocycles. The normalized spacial score (nSPS) is 23.8. The second kappa shape index (κ2) is 8.39. The summed E-state index contributed by atoms with van der Waals surface area (Å²) in [6.45, 7) is 3.62. The molecule has 1 aliphatic heterocycles. The van der Waals surface area contributed by atoms with Gasteiger partial charge < -0.3 is 20.5 Å². The molecule has 166 valence electrons. The monoisotopic (exact) mass is 456 g/mol. The van der Waals surface area contributed by atoms with Crippen molar-refractivity contribution in [2.24, 2.45) is 5.92 Å². The van der Waals surface area contributed by atoms with E-state index >= 15 is 0 Å². The van der Waals surface area contributed by atoms with Gasteiger partial charge in [-0.25, -0.2) is 4.79 Å². The predicted octanol–water partition coefficient (Wildman–Crippen LogP) is 4.23. The summed E-state index contributed by atoms with van der Waals surface area (Å²) < 4.78 is 47.2. The van der Waals surface area contributed by atoms with Gasteiger partial charge in [-0.2, -0.15) is 13.2 Å². The predicted molar refractivity (Wildman–Crippen MR) is 107 cm³/mol. The molecule has 1 saturated heterocycles. The molecular formula is C21H20ClF3N2O4. The average Bonchev–Trinajstić information content (AvgIpc) is 2.67. The zero-order valence-corrected chi connectivity index (χ0v) is 17.3. The summed E-state index contributed by atoms with van der Waals surface area (Å²) in [5, 5.41) is 14.7. The number of carbonyl (C=O) groups excluding carboxylic acids is 2. The molecule has 3 unspecified atom stereocenters. The van der Waals surface area contributed by atoms with E-state index < -0.39 is 35.7 Å². The molecule has 3 rings (SSSR count). The minimum absolute atomic E-state index is 0.0974. The van der Waals surface area contributed by atoms with Crippen LogP contribution in [0.4, 0.5) is 18.0 Å². The van der Waals surface area contributed by atoms with Crippen molar-refractivity contribution in [1.82, 2.24) is 10.6 Å². The minimum Gasteiger partial charge on any atom is -0.491 e. The largest absolute Gasteiger partial charge is 0.491 e. The molecule has 2 amide bonds. The van der Waals surface area contributed by atoms with Crippen LogP contribution in [0.1, 0.15) is 35.8 Å². The Morgan fingerprint density at radius 2 is 1.71 bits per heavy atom. The van der Waals surface area contributed by atoms with Crippen LogP contribution in [-0.4, -0.2) is 34.9 Å². The first kappa shape index (κ1) is 22.9. The summed E-state index contributed by atoms with van der Waals surface area (Å²) >= 11 is 5.80. The quantitative estimate of drug-likeness (QED) is 0.587. The highest BCUT2D eigenvalue weighted by Crippen LogP contribution is 2.44. The third-order valence-corrected chi connectivity index (χ3v) is 5.08. The van der Waals surface area contributed by atoms with E-state index in [1.807, 2.05) is 13.8 Å². The highest BCUT2D eigenvalue weighted by Gasteiger charge is 2.66. The van der Waals surface area contributed by atoms with Gasteiger partial charge in [0, 0.05) is 10.6 Å². The first-order valence-corrected chi connectivity index (χ1v) is 9.74. The number of halogens is 4. The number of hydrogen-bond donors (Lipinski definition) is 3. The summed E-state index contributed by atoms with van der Waals surface area (Å²) in [7, 11) is 0. The van der Waals surface area contributed by atoms with Gasteiger partial charge in [0.25, 0.3) is 0 Å². The topological polar surface area (TPSA) is 87.7 Å².